The van der Waals surface area contributed by atoms with Crippen molar-refractivity contribution in [2.24, 2.45) is 4.99 Å². The zero-order valence-electron chi connectivity index (χ0n) is 4.76. The molecule has 0 amide bonds. The van der Waals surface area contributed by atoms with Gasteiger partial charge in [0.2, 0.25) is 0 Å². The third-order valence-electron chi connectivity index (χ3n) is 1.10. The molecular weight excluding hydrogens is 166 g/mol. The van der Waals surface area contributed by atoms with Crippen LogP contribution in [0.1, 0.15) is 13.3 Å². The Balaban J connectivity index is 2.65. The van der Waals surface area contributed by atoms with Gasteiger partial charge in [0.1, 0.15) is 0 Å². The Hall–Kier alpha value is -0.110. The molecule has 0 aromatic heterocycles. The standard InChI is InChI=1S/C6H8BrN/c1-6(7)2-4-8-5-3-6/h2,4-5H,3H2,1H3. The van der Waals surface area contributed by atoms with Crippen molar-refractivity contribution in [3.05, 3.63) is 12.3 Å². The Morgan fingerprint density at radius 1 is 1.75 bits per heavy atom. The van der Waals surface area contributed by atoms with Gasteiger partial charge in [-0.15, -0.1) is 0 Å². The summed E-state index contributed by atoms with van der Waals surface area (Å²) in [6, 6.07) is 0. The first-order chi connectivity index (χ1) is 3.71. The van der Waals surface area contributed by atoms with E-state index >= 15 is 0 Å². The van der Waals surface area contributed by atoms with Gasteiger partial charge in [-0.05, 0) is 13.0 Å². The van der Waals surface area contributed by atoms with E-state index in [9.17, 15) is 0 Å². The van der Waals surface area contributed by atoms with Crippen LogP contribution < -0.4 is 0 Å². The maximum Gasteiger partial charge on any atom is 0.0475 e. The molecule has 1 heterocycles. The van der Waals surface area contributed by atoms with Gasteiger partial charge in [0.05, 0.1) is 0 Å². The van der Waals surface area contributed by atoms with Crippen LogP contribution in [0.4, 0.5) is 0 Å². The van der Waals surface area contributed by atoms with Gasteiger partial charge in [-0.2, -0.15) is 0 Å². The van der Waals surface area contributed by atoms with Gasteiger partial charge in [0.25, 0.3) is 0 Å². The maximum atomic E-state index is 3.94. The third-order valence-corrected chi connectivity index (χ3v) is 1.69. The summed E-state index contributed by atoms with van der Waals surface area (Å²) < 4.78 is 0.161. The normalized spacial score (nSPS) is 35.8. The summed E-state index contributed by atoms with van der Waals surface area (Å²) in [5.74, 6) is 0. The second-order valence-corrected chi connectivity index (χ2v) is 3.94. The van der Waals surface area contributed by atoms with Crippen molar-refractivity contribution in [1.82, 2.24) is 0 Å². The number of hydrogen-bond acceptors (Lipinski definition) is 1. The minimum atomic E-state index is 0.161. The highest BCUT2D eigenvalue weighted by Crippen LogP contribution is 2.24. The average Bonchev–Trinajstić information content (AvgIpc) is 1.65. The molecule has 0 aliphatic carbocycles. The molecule has 0 aromatic rings. The molecule has 44 valence electrons. The first kappa shape index (κ1) is 6.02. The summed E-state index contributed by atoms with van der Waals surface area (Å²) in [6.45, 7) is 2.12. The lowest BCUT2D eigenvalue weighted by Gasteiger charge is -2.15. The van der Waals surface area contributed by atoms with E-state index in [1.165, 1.54) is 0 Å². The van der Waals surface area contributed by atoms with Crippen LogP contribution in [0, 0.1) is 0 Å². The highest BCUT2D eigenvalue weighted by molar-refractivity contribution is 9.10. The SMILES string of the molecule is CC1(Br)C=CN=CC1. The molecule has 1 nitrogen and oxygen atoms in total. The van der Waals surface area contributed by atoms with E-state index in [4.69, 9.17) is 0 Å². The quantitative estimate of drug-likeness (QED) is 0.499. The van der Waals surface area contributed by atoms with Crippen LogP contribution in [0.3, 0.4) is 0 Å². The summed E-state index contributed by atoms with van der Waals surface area (Å²) in [5, 5.41) is 0. The van der Waals surface area contributed by atoms with Gasteiger partial charge < -0.3 is 0 Å². The van der Waals surface area contributed by atoms with Crippen LogP contribution in [0.5, 0.6) is 0 Å². The molecule has 0 saturated heterocycles. The Morgan fingerprint density at radius 3 is 2.75 bits per heavy atom. The van der Waals surface area contributed by atoms with E-state index < -0.39 is 0 Å². The lowest BCUT2D eigenvalue weighted by molar-refractivity contribution is 0.847. The highest BCUT2D eigenvalue weighted by Gasteiger charge is 2.15. The smallest absolute Gasteiger partial charge is 0.0475 e. The number of allylic oxidation sites excluding steroid dienone is 1. The molecule has 0 spiro atoms. The van der Waals surface area contributed by atoms with Crippen LogP contribution in [0.15, 0.2) is 17.3 Å². The van der Waals surface area contributed by atoms with E-state index in [-0.39, 0.29) is 4.32 Å². The Morgan fingerprint density at radius 2 is 2.50 bits per heavy atom. The second-order valence-electron chi connectivity index (χ2n) is 2.13. The molecule has 1 aliphatic heterocycles. The molecule has 1 unspecified atom stereocenters. The van der Waals surface area contributed by atoms with Gasteiger partial charge in [0.15, 0.2) is 0 Å². The summed E-state index contributed by atoms with van der Waals surface area (Å²) in [6.07, 6.45) is 6.77. The van der Waals surface area contributed by atoms with Gasteiger partial charge >= 0.3 is 0 Å². The van der Waals surface area contributed by atoms with E-state index in [1.807, 2.05) is 18.5 Å². The molecule has 2 heteroatoms. The number of nitrogens with zero attached hydrogens (tertiary/aromatic N) is 1. The predicted molar refractivity (Wildman–Crippen MR) is 39.6 cm³/mol. The molecule has 0 fully saturated rings. The van der Waals surface area contributed by atoms with Crippen LogP contribution >= 0.6 is 15.9 Å². The Bertz CT molecular complexity index is 135. The fourth-order valence-corrected chi connectivity index (χ4v) is 0.822. The molecule has 8 heavy (non-hydrogen) atoms. The van der Waals surface area contributed by atoms with Gasteiger partial charge in [0, 0.05) is 23.2 Å². The predicted octanol–water partition coefficient (Wildman–Crippen LogP) is 2.13. The molecule has 0 N–H and O–H groups in total. The van der Waals surface area contributed by atoms with Crippen molar-refractivity contribution in [2.75, 3.05) is 0 Å². The summed E-state index contributed by atoms with van der Waals surface area (Å²) in [5.41, 5.74) is 0. The lowest BCUT2D eigenvalue weighted by atomic mass is 10.1. The van der Waals surface area contributed by atoms with E-state index in [0.29, 0.717) is 0 Å². The summed E-state index contributed by atoms with van der Waals surface area (Å²) in [7, 11) is 0. The third kappa shape index (κ3) is 1.44. The molecule has 0 bridgehead atoms. The first-order valence-electron chi connectivity index (χ1n) is 2.59. The van der Waals surface area contributed by atoms with Crippen molar-refractivity contribution >= 4 is 22.1 Å². The number of hydrogen-bond donors (Lipinski definition) is 0. The Kier molecular flexibility index (Phi) is 1.52. The molecule has 1 aliphatic rings. The van der Waals surface area contributed by atoms with Gasteiger partial charge in [-0.25, -0.2) is 0 Å². The van der Waals surface area contributed by atoms with Gasteiger partial charge in [-0.1, -0.05) is 15.9 Å². The topological polar surface area (TPSA) is 12.4 Å². The fourth-order valence-electron chi connectivity index (χ4n) is 0.559. The number of alkyl halides is 1. The zero-order valence-corrected chi connectivity index (χ0v) is 6.35. The van der Waals surface area contributed by atoms with Crippen LogP contribution in [0.25, 0.3) is 0 Å². The number of aliphatic imine (C=N–C) groups is 1. The van der Waals surface area contributed by atoms with Crippen LogP contribution in [0.2, 0.25) is 0 Å². The van der Waals surface area contributed by atoms with Crippen molar-refractivity contribution in [3.63, 3.8) is 0 Å². The van der Waals surface area contributed by atoms with Crippen LogP contribution in [-0.2, 0) is 0 Å². The zero-order chi connectivity index (χ0) is 6.04. The van der Waals surface area contributed by atoms with Gasteiger partial charge in [-0.3, -0.25) is 4.99 Å². The van der Waals surface area contributed by atoms with Crippen molar-refractivity contribution in [3.8, 4) is 0 Å². The molecule has 0 saturated carbocycles. The van der Waals surface area contributed by atoms with E-state index in [2.05, 4.69) is 27.8 Å². The van der Waals surface area contributed by atoms with Crippen LogP contribution in [-0.4, -0.2) is 10.5 Å². The maximum absolute atomic E-state index is 3.94. The first-order valence-corrected chi connectivity index (χ1v) is 3.38. The van der Waals surface area contributed by atoms with Crippen molar-refractivity contribution in [1.29, 1.82) is 0 Å². The average molecular weight is 174 g/mol. The molecule has 1 rings (SSSR count). The summed E-state index contributed by atoms with van der Waals surface area (Å²) >= 11 is 3.51. The van der Waals surface area contributed by atoms with Crippen molar-refractivity contribution in [2.45, 2.75) is 17.7 Å². The van der Waals surface area contributed by atoms with E-state index in [0.717, 1.165) is 6.42 Å². The molecule has 1 atom stereocenters. The monoisotopic (exact) mass is 173 g/mol. The number of halogens is 1. The van der Waals surface area contributed by atoms with Crippen molar-refractivity contribution < 1.29 is 0 Å². The fraction of sp³-hybridized carbons (Fsp3) is 0.500. The molecular formula is C6H8BrN. The number of rotatable bonds is 0. The molecule has 0 aromatic carbocycles. The minimum absolute atomic E-state index is 0.161. The molecule has 0 radical (unpaired) electrons. The minimum Gasteiger partial charge on any atom is -0.269 e. The Labute approximate surface area is 57.6 Å². The largest absolute Gasteiger partial charge is 0.269 e. The highest BCUT2D eigenvalue weighted by atomic mass is 79.9. The van der Waals surface area contributed by atoms with E-state index in [1.54, 1.807) is 0 Å². The lowest BCUT2D eigenvalue weighted by Crippen LogP contribution is -2.13. The summed E-state index contributed by atoms with van der Waals surface area (Å²) in [4.78, 5) is 3.94. The second kappa shape index (κ2) is 2.02.